The van der Waals surface area contributed by atoms with E-state index in [1.54, 1.807) is 38.5 Å². The Labute approximate surface area is 102 Å². The molecule has 4 nitrogen and oxygen atoms in total. The first-order chi connectivity index (χ1) is 8.27. The van der Waals surface area contributed by atoms with E-state index in [-0.39, 0.29) is 0 Å². The maximum Gasteiger partial charge on any atom is 0.181 e. The molecule has 0 saturated heterocycles. The van der Waals surface area contributed by atoms with Gasteiger partial charge in [-0.15, -0.1) is 0 Å². The highest BCUT2D eigenvalue weighted by Gasteiger charge is 2.07. The van der Waals surface area contributed by atoms with Crippen LogP contribution in [0.4, 0.5) is 0 Å². The van der Waals surface area contributed by atoms with Crippen molar-refractivity contribution in [3.63, 3.8) is 0 Å². The van der Waals surface area contributed by atoms with E-state index >= 15 is 0 Å². The molecule has 1 unspecified atom stereocenters. The van der Waals surface area contributed by atoms with Crippen LogP contribution in [0.2, 0.25) is 0 Å². The highest BCUT2D eigenvalue weighted by molar-refractivity contribution is 5.27. The van der Waals surface area contributed by atoms with Crippen LogP contribution in [0.25, 0.3) is 0 Å². The van der Waals surface area contributed by atoms with Gasteiger partial charge in [-0.05, 0) is 25.0 Å². The molecule has 1 aromatic rings. The van der Waals surface area contributed by atoms with Crippen LogP contribution in [-0.2, 0) is 9.47 Å². The minimum atomic E-state index is -0.872. The SMILES string of the molecule is COCCCCOC(O)c1ccc(OC)cc1. The number of aliphatic hydroxyl groups is 1. The molecule has 0 heterocycles. The molecule has 0 aliphatic rings. The van der Waals surface area contributed by atoms with E-state index in [2.05, 4.69) is 0 Å². The Balaban J connectivity index is 2.28. The summed E-state index contributed by atoms with van der Waals surface area (Å²) in [5, 5.41) is 9.75. The van der Waals surface area contributed by atoms with Crippen molar-refractivity contribution in [1.82, 2.24) is 0 Å². The van der Waals surface area contributed by atoms with Crippen molar-refractivity contribution in [3.8, 4) is 5.75 Å². The average molecular weight is 240 g/mol. The molecule has 0 fully saturated rings. The smallest absolute Gasteiger partial charge is 0.181 e. The molecule has 0 saturated carbocycles. The third-order valence-electron chi connectivity index (χ3n) is 2.42. The lowest BCUT2D eigenvalue weighted by atomic mass is 10.2. The summed E-state index contributed by atoms with van der Waals surface area (Å²) in [6.07, 6.45) is 0.941. The molecule has 0 amide bonds. The second kappa shape index (κ2) is 8.06. The van der Waals surface area contributed by atoms with Gasteiger partial charge >= 0.3 is 0 Å². The van der Waals surface area contributed by atoms with E-state index < -0.39 is 6.29 Å². The van der Waals surface area contributed by atoms with E-state index in [1.165, 1.54) is 0 Å². The Morgan fingerprint density at radius 1 is 1.06 bits per heavy atom. The van der Waals surface area contributed by atoms with Crippen LogP contribution < -0.4 is 4.74 Å². The van der Waals surface area contributed by atoms with E-state index in [4.69, 9.17) is 14.2 Å². The van der Waals surface area contributed by atoms with Gasteiger partial charge in [-0.1, -0.05) is 12.1 Å². The zero-order valence-corrected chi connectivity index (χ0v) is 10.4. The molecule has 1 aromatic carbocycles. The minimum absolute atomic E-state index is 0.524. The second-order valence-corrected chi connectivity index (χ2v) is 3.70. The normalized spacial score (nSPS) is 12.4. The Kier molecular flexibility index (Phi) is 6.62. The minimum Gasteiger partial charge on any atom is -0.497 e. The molecule has 1 atom stereocenters. The molecule has 96 valence electrons. The number of unbranched alkanes of at least 4 members (excludes halogenated alkanes) is 1. The molecular weight excluding hydrogens is 220 g/mol. The number of hydrogen-bond donors (Lipinski definition) is 1. The molecule has 0 aromatic heterocycles. The second-order valence-electron chi connectivity index (χ2n) is 3.70. The fourth-order valence-corrected chi connectivity index (χ4v) is 1.41. The Hall–Kier alpha value is -1.10. The van der Waals surface area contributed by atoms with E-state index in [1.807, 2.05) is 0 Å². The third-order valence-corrected chi connectivity index (χ3v) is 2.42. The summed E-state index contributed by atoms with van der Waals surface area (Å²) in [6.45, 7) is 1.25. The molecule has 4 heteroatoms. The van der Waals surface area contributed by atoms with Gasteiger partial charge in [-0.2, -0.15) is 0 Å². The number of aliphatic hydroxyl groups excluding tert-OH is 1. The zero-order chi connectivity index (χ0) is 12.5. The molecule has 17 heavy (non-hydrogen) atoms. The molecule has 0 radical (unpaired) electrons. The third kappa shape index (κ3) is 5.17. The first kappa shape index (κ1) is 14.0. The number of methoxy groups -OCH3 is 2. The van der Waals surface area contributed by atoms with Gasteiger partial charge in [0, 0.05) is 19.3 Å². The summed E-state index contributed by atoms with van der Waals surface area (Å²) in [5.41, 5.74) is 0.734. The standard InChI is InChI=1S/C13H20O4/c1-15-9-3-4-10-17-13(14)11-5-7-12(16-2)8-6-11/h5-8,13-14H,3-4,9-10H2,1-2H3. The topological polar surface area (TPSA) is 47.9 Å². The monoisotopic (exact) mass is 240 g/mol. The van der Waals surface area contributed by atoms with Crippen LogP contribution in [0.15, 0.2) is 24.3 Å². The van der Waals surface area contributed by atoms with Crippen LogP contribution in [0, 0.1) is 0 Å². The highest BCUT2D eigenvalue weighted by atomic mass is 16.6. The van der Waals surface area contributed by atoms with Gasteiger partial charge < -0.3 is 19.3 Å². The van der Waals surface area contributed by atoms with E-state index in [0.717, 1.165) is 30.8 Å². The predicted octanol–water partition coefficient (Wildman–Crippen LogP) is 2.13. The maximum atomic E-state index is 9.75. The first-order valence-electron chi connectivity index (χ1n) is 5.70. The fourth-order valence-electron chi connectivity index (χ4n) is 1.41. The Bertz CT molecular complexity index is 297. The van der Waals surface area contributed by atoms with Crippen molar-refractivity contribution in [1.29, 1.82) is 0 Å². The van der Waals surface area contributed by atoms with Crippen LogP contribution in [0.5, 0.6) is 5.75 Å². The lowest BCUT2D eigenvalue weighted by Crippen LogP contribution is -2.05. The Morgan fingerprint density at radius 3 is 2.29 bits per heavy atom. The number of rotatable bonds is 8. The van der Waals surface area contributed by atoms with Crippen molar-refractivity contribution in [2.24, 2.45) is 0 Å². The van der Waals surface area contributed by atoms with Crippen LogP contribution in [0.1, 0.15) is 24.7 Å². The van der Waals surface area contributed by atoms with Crippen LogP contribution in [-0.4, -0.2) is 32.5 Å². The fraction of sp³-hybridized carbons (Fsp3) is 0.538. The van der Waals surface area contributed by atoms with Gasteiger partial charge in [0.1, 0.15) is 5.75 Å². The summed E-state index contributed by atoms with van der Waals surface area (Å²) in [6, 6.07) is 7.18. The molecular formula is C13H20O4. The molecule has 0 aliphatic heterocycles. The van der Waals surface area contributed by atoms with Gasteiger partial charge in [0.25, 0.3) is 0 Å². The first-order valence-corrected chi connectivity index (χ1v) is 5.70. The summed E-state index contributed by atoms with van der Waals surface area (Å²) < 4.78 is 15.3. The van der Waals surface area contributed by atoms with Crippen molar-refractivity contribution in [2.75, 3.05) is 27.4 Å². The van der Waals surface area contributed by atoms with Gasteiger partial charge in [0.15, 0.2) is 6.29 Å². The molecule has 0 aliphatic carbocycles. The number of ether oxygens (including phenoxy) is 3. The summed E-state index contributed by atoms with van der Waals surface area (Å²) >= 11 is 0. The summed E-state index contributed by atoms with van der Waals surface area (Å²) in [4.78, 5) is 0. The Morgan fingerprint density at radius 2 is 1.71 bits per heavy atom. The van der Waals surface area contributed by atoms with Crippen molar-refractivity contribution >= 4 is 0 Å². The predicted molar refractivity (Wildman–Crippen MR) is 65.0 cm³/mol. The van der Waals surface area contributed by atoms with Crippen molar-refractivity contribution < 1.29 is 19.3 Å². The largest absolute Gasteiger partial charge is 0.497 e. The van der Waals surface area contributed by atoms with Crippen molar-refractivity contribution in [2.45, 2.75) is 19.1 Å². The quantitative estimate of drug-likeness (QED) is 0.558. The zero-order valence-electron chi connectivity index (χ0n) is 10.4. The van der Waals surface area contributed by atoms with Gasteiger partial charge in [-0.25, -0.2) is 0 Å². The molecule has 1 rings (SSSR count). The lowest BCUT2D eigenvalue weighted by molar-refractivity contribution is -0.104. The summed E-state index contributed by atoms with van der Waals surface area (Å²) in [7, 11) is 3.28. The number of benzene rings is 1. The molecule has 1 N–H and O–H groups in total. The van der Waals surface area contributed by atoms with Gasteiger partial charge in [0.05, 0.1) is 13.7 Å². The van der Waals surface area contributed by atoms with Gasteiger partial charge in [0.2, 0.25) is 0 Å². The van der Waals surface area contributed by atoms with Crippen LogP contribution in [0.3, 0.4) is 0 Å². The van der Waals surface area contributed by atoms with E-state index in [9.17, 15) is 5.11 Å². The molecule has 0 spiro atoms. The highest BCUT2D eigenvalue weighted by Crippen LogP contribution is 2.18. The summed E-state index contributed by atoms with van der Waals surface area (Å²) in [5.74, 6) is 0.765. The van der Waals surface area contributed by atoms with Gasteiger partial charge in [-0.3, -0.25) is 0 Å². The lowest BCUT2D eigenvalue weighted by Gasteiger charge is -2.12. The van der Waals surface area contributed by atoms with Crippen molar-refractivity contribution in [3.05, 3.63) is 29.8 Å². The molecule has 0 bridgehead atoms. The number of hydrogen-bond acceptors (Lipinski definition) is 4. The van der Waals surface area contributed by atoms with E-state index in [0.29, 0.717) is 6.61 Å². The van der Waals surface area contributed by atoms with Crippen LogP contribution >= 0.6 is 0 Å². The maximum absolute atomic E-state index is 9.75. The average Bonchev–Trinajstić information content (AvgIpc) is 2.38.